The van der Waals surface area contributed by atoms with E-state index in [2.05, 4.69) is 25.9 Å². The molecule has 0 saturated heterocycles. The molecular weight excluding hydrogens is 380 g/mol. The number of nitrogens with zero attached hydrogens (tertiary/aromatic N) is 3. The molecule has 1 unspecified atom stereocenters. The van der Waals surface area contributed by atoms with Crippen LogP contribution in [0, 0.1) is 0 Å². The number of alkyl halides is 2. The molecule has 1 aromatic carbocycles. The van der Waals surface area contributed by atoms with Gasteiger partial charge in [-0.3, -0.25) is 4.40 Å². The number of hydrogen-bond acceptors (Lipinski definition) is 3. The average Bonchev–Trinajstić information content (AvgIpc) is 2.93. The quantitative estimate of drug-likeness (QED) is 0.675. The van der Waals surface area contributed by atoms with Crippen LogP contribution < -0.4 is 0 Å². The van der Waals surface area contributed by atoms with Crippen molar-refractivity contribution in [3.05, 3.63) is 63.8 Å². The fourth-order valence-electron chi connectivity index (χ4n) is 3.19. The monoisotopic (exact) mass is 393 g/mol. The maximum atomic E-state index is 12.9. The highest BCUT2D eigenvalue weighted by molar-refractivity contribution is 9.10. The largest absolute Gasteiger partial charge is 0.367 e. The Morgan fingerprint density at radius 3 is 3.00 bits per heavy atom. The summed E-state index contributed by atoms with van der Waals surface area (Å²) in [6.07, 6.45) is 1.13. The lowest BCUT2D eigenvalue weighted by molar-refractivity contribution is 0.0640. The van der Waals surface area contributed by atoms with Crippen LogP contribution in [0.3, 0.4) is 0 Å². The van der Waals surface area contributed by atoms with Crippen LogP contribution in [0.4, 0.5) is 8.78 Å². The van der Waals surface area contributed by atoms with E-state index in [1.165, 1.54) is 0 Å². The van der Waals surface area contributed by atoms with Gasteiger partial charge in [0.15, 0.2) is 5.65 Å². The van der Waals surface area contributed by atoms with E-state index >= 15 is 0 Å². The van der Waals surface area contributed by atoms with Gasteiger partial charge in [0.25, 0.3) is 0 Å². The van der Waals surface area contributed by atoms with Crippen molar-refractivity contribution < 1.29 is 13.5 Å². The summed E-state index contributed by atoms with van der Waals surface area (Å²) in [5.74, 6) is 0. The Morgan fingerprint density at radius 2 is 2.17 bits per heavy atom. The van der Waals surface area contributed by atoms with E-state index in [0.29, 0.717) is 23.2 Å². The van der Waals surface area contributed by atoms with Crippen LogP contribution in [-0.2, 0) is 17.6 Å². The molecule has 3 aromatic rings. The van der Waals surface area contributed by atoms with Gasteiger partial charge in [-0.25, -0.2) is 18.7 Å². The first kappa shape index (κ1) is 15.7. The second kappa shape index (κ2) is 6.22. The summed E-state index contributed by atoms with van der Waals surface area (Å²) in [5.41, 5.74) is 3.92. The zero-order chi connectivity index (χ0) is 16.7. The Bertz CT molecular complexity index is 897. The van der Waals surface area contributed by atoms with E-state index in [-0.39, 0.29) is 6.42 Å². The van der Waals surface area contributed by atoms with Crippen LogP contribution in [0.2, 0.25) is 0 Å². The van der Waals surface area contributed by atoms with Crippen LogP contribution >= 0.6 is 15.9 Å². The Hall–Kier alpha value is -1.86. The summed E-state index contributed by atoms with van der Waals surface area (Å²) in [5, 5.41) is 0. The molecule has 0 aliphatic carbocycles. The molecule has 7 heteroatoms. The van der Waals surface area contributed by atoms with Gasteiger partial charge in [-0.2, -0.15) is 0 Å². The minimum atomic E-state index is -2.39. The fourth-order valence-corrected chi connectivity index (χ4v) is 3.50. The molecule has 3 heterocycles. The smallest absolute Gasteiger partial charge is 0.242 e. The maximum Gasteiger partial charge on any atom is 0.242 e. The van der Waals surface area contributed by atoms with Crippen LogP contribution in [0.15, 0.2) is 41.3 Å². The number of fused-ring (bicyclic) bond motifs is 3. The van der Waals surface area contributed by atoms with E-state index in [1.807, 2.05) is 22.7 Å². The van der Waals surface area contributed by atoms with Crippen molar-refractivity contribution in [3.8, 4) is 0 Å². The van der Waals surface area contributed by atoms with Gasteiger partial charge >= 0.3 is 0 Å². The first-order valence-electron chi connectivity index (χ1n) is 7.63. The van der Waals surface area contributed by atoms with Gasteiger partial charge in [-0.15, -0.1) is 0 Å². The summed E-state index contributed by atoms with van der Waals surface area (Å²) in [7, 11) is 0. The Balaban J connectivity index is 1.88. The predicted molar refractivity (Wildman–Crippen MR) is 88.3 cm³/mol. The number of hydrogen-bond donors (Lipinski definition) is 0. The summed E-state index contributed by atoms with van der Waals surface area (Å²) in [6, 6.07) is 7.22. The molecule has 4 nitrogen and oxygen atoms in total. The van der Waals surface area contributed by atoms with E-state index in [9.17, 15) is 8.78 Å². The summed E-state index contributed by atoms with van der Waals surface area (Å²) < 4.78 is 34.5. The van der Waals surface area contributed by atoms with Crippen LogP contribution in [-0.4, -0.2) is 27.4 Å². The van der Waals surface area contributed by atoms with Gasteiger partial charge in [0.05, 0.1) is 24.2 Å². The lowest BCUT2D eigenvalue weighted by Crippen LogP contribution is -2.20. The summed E-state index contributed by atoms with van der Waals surface area (Å²) >= 11 is 3.37. The highest BCUT2D eigenvalue weighted by atomic mass is 79.9. The predicted octanol–water partition coefficient (Wildman–Crippen LogP) is 3.96. The summed E-state index contributed by atoms with van der Waals surface area (Å²) in [6.45, 7) is 0.513. The first-order valence-corrected chi connectivity index (χ1v) is 8.42. The zero-order valence-electron chi connectivity index (χ0n) is 12.6. The number of halogens is 3. The number of rotatable bonds is 3. The standard InChI is InChI=1S/C17H14BrF2N3O/c18-13-9-23-15(8-21-13)22-12-5-6-24-17(16(12)23)11-4-2-1-3-10(11)7-14(19)20/h1-4,8-9,14,17H,5-7H2. The zero-order valence-corrected chi connectivity index (χ0v) is 14.2. The second-order valence-corrected chi connectivity index (χ2v) is 6.49. The van der Waals surface area contributed by atoms with Crippen molar-refractivity contribution in [2.45, 2.75) is 25.4 Å². The van der Waals surface area contributed by atoms with Gasteiger partial charge in [0.2, 0.25) is 6.43 Å². The highest BCUT2D eigenvalue weighted by Crippen LogP contribution is 2.35. The average molecular weight is 394 g/mol. The van der Waals surface area contributed by atoms with Gasteiger partial charge in [-0.05, 0) is 27.1 Å². The molecule has 0 amide bonds. The van der Waals surface area contributed by atoms with E-state index in [1.54, 1.807) is 18.3 Å². The van der Waals surface area contributed by atoms with Crippen LogP contribution in [0.1, 0.15) is 28.6 Å². The molecule has 0 saturated carbocycles. The third-order valence-electron chi connectivity index (χ3n) is 4.17. The van der Waals surface area contributed by atoms with Crippen LogP contribution in [0.25, 0.3) is 5.65 Å². The molecule has 1 atom stereocenters. The van der Waals surface area contributed by atoms with Crippen molar-refractivity contribution in [1.29, 1.82) is 0 Å². The minimum Gasteiger partial charge on any atom is -0.367 e. The van der Waals surface area contributed by atoms with Gasteiger partial charge in [0, 0.05) is 19.0 Å². The highest BCUT2D eigenvalue weighted by Gasteiger charge is 2.29. The van der Waals surface area contributed by atoms with E-state index in [4.69, 9.17) is 4.74 Å². The van der Waals surface area contributed by atoms with Crippen molar-refractivity contribution in [2.24, 2.45) is 0 Å². The molecule has 1 aliphatic heterocycles. The van der Waals surface area contributed by atoms with Gasteiger partial charge < -0.3 is 4.74 Å². The van der Waals surface area contributed by atoms with E-state index in [0.717, 1.165) is 22.6 Å². The third-order valence-corrected chi connectivity index (χ3v) is 4.58. The molecule has 24 heavy (non-hydrogen) atoms. The summed E-state index contributed by atoms with van der Waals surface area (Å²) in [4.78, 5) is 8.81. The van der Waals surface area contributed by atoms with Crippen molar-refractivity contribution in [1.82, 2.24) is 14.4 Å². The van der Waals surface area contributed by atoms with Gasteiger partial charge in [-0.1, -0.05) is 24.3 Å². The first-order chi connectivity index (χ1) is 11.6. The number of ether oxygens (including phenoxy) is 1. The molecule has 1 aliphatic rings. The van der Waals surface area contributed by atoms with Crippen molar-refractivity contribution in [3.63, 3.8) is 0 Å². The van der Waals surface area contributed by atoms with E-state index < -0.39 is 12.5 Å². The second-order valence-electron chi connectivity index (χ2n) is 5.68. The Kier molecular flexibility index (Phi) is 4.05. The molecular formula is C17H14BrF2N3O. The molecule has 0 bridgehead atoms. The number of imidazole rings is 1. The topological polar surface area (TPSA) is 39.4 Å². The van der Waals surface area contributed by atoms with Crippen molar-refractivity contribution >= 4 is 21.6 Å². The lowest BCUT2D eigenvalue weighted by Gasteiger charge is -2.25. The number of benzene rings is 1. The maximum absolute atomic E-state index is 12.9. The molecule has 124 valence electrons. The van der Waals surface area contributed by atoms with Crippen LogP contribution in [0.5, 0.6) is 0 Å². The Labute approximate surface area is 145 Å². The molecule has 2 aromatic heterocycles. The molecule has 0 fully saturated rings. The number of aromatic nitrogens is 3. The minimum absolute atomic E-state index is 0.284. The SMILES string of the molecule is FC(F)Cc1ccccc1C1OCCc2nc3cnc(Br)cn3c21. The fraction of sp³-hybridized carbons (Fsp3) is 0.294. The molecule has 4 rings (SSSR count). The van der Waals surface area contributed by atoms with Gasteiger partial charge in [0.1, 0.15) is 10.7 Å². The molecule has 0 radical (unpaired) electrons. The normalized spacial score (nSPS) is 17.4. The Morgan fingerprint density at radius 1 is 1.33 bits per heavy atom. The van der Waals surface area contributed by atoms with Crippen molar-refractivity contribution in [2.75, 3.05) is 6.61 Å². The molecule has 0 spiro atoms. The third kappa shape index (κ3) is 2.71. The molecule has 0 N–H and O–H groups in total. The lowest BCUT2D eigenvalue weighted by atomic mass is 9.95.